The van der Waals surface area contributed by atoms with Crippen LogP contribution in [0, 0.1) is 11.8 Å². The molecule has 2 N–H and O–H groups in total. The Morgan fingerprint density at radius 3 is 2.63 bits per heavy atom. The number of aliphatic hydroxyl groups excluding tert-OH is 1. The quantitative estimate of drug-likeness (QED) is 0.632. The van der Waals surface area contributed by atoms with Gasteiger partial charge < -0.3 is 10.2 Å². The maximum atomic E-state index is 11.7. The van der Waals surface area contributed by atoms with Gasteiger partial charge in [-0.2, -0.15) is 0 Å². The van der Waals surface area contributed by atoms with Crippen molar-refractivity contribution in [2.75, 3.05) is 6.61 Å². The first kappa shape index (κ1) is 15.3. The SMILES string of the molecule is CCCc1c(C#CCCO)ccc(C(=O)CC)c1O. The largest absolute Gasteiger partial charge is 0.507 e. The van der Waals surface area contributed by atoms with Gasteiger partial charge >= 0.3 is 0 Å². The summed E-state index contributed by atoms with van der Waals surface area (Å²) in [5.41, 5.74) is 1.84. The fraction of sp³-hybridized carbons (Fsp3) is 0.438. The van der Waals surface area contributed by atoms with Gasteiger partial charge in [0.05, 0.1) is 12.2 Å². The minimum atomic E-state index is -0.0651. The van der Waals surface area contributed by atoms with Crippen LogP contribution < -0.4 is 0 Å². The van der Waals surface area contributed by atoms with Gasteiger partial charge in [-0.25, -0.2) is 0 Å². The molecule has 1 rings (SSSR count). The van der Waals surface area contributed by atoms with E-state index in [1.54, 1.807) is 19.1 Å². The van der Waals surface area contributed by atoms with Crippen LogP contribution in [-0.4, -0.2) is 22.6 Å². The van der Waals surface area contributed by atoms with Crippen molar-refractivity contribution in [3.8, 4) is 17.6 Å². The normalized spacial score (nSPS) is 9.84. The van der Waals surface area contributed by atoms with E-state index >= 15 is 0 Å². The summed E-state index contributed by atoms with van der Waals surface area (Å²) in [6.45, 7) is 3.81. The van der Waals surface area contributed by atoms with E-state index < -0.39 is 0 Å². The Kier molecular flexibility index (Phi) is 6.11. The van der Waals surface area contributed by atoms with E-state index in [1.165, 1.54) is 0 Å². The number of ketones is 1. The van der Waals surface area contributed by atoms with Crippen LogP contribution in [0.15, 0.2) is 12.1 Å². The molecule has 0 radical (unpaired) electrons. The number of hydrogen-bond donors (Lipinski definition) is 2. The molecule has 19 heavy (non-hydrogen) atoms. The van der Waals surface area contributed by atoms with E-state index in [0.29, 0.717) is 24.8 Å². The number of Topliss-reactive ketones (excluding diaryl/α,β-unsaturated/α-hetero) is 1. The van der Waals surface area contributed by atoms with Crippen LogP contribution in [0.25, 0.3) is 0 Å². The van der Waals surface area contributed by atoms with E-state index in [4.69, 9.17) is 5.11 Å². The summed E-state index contributed by atoms with van der Waals surface area (Å²) >= 11 is 0. The van der Waals surface area contributed by atoms with E-state index in [0.717, 1.165) is 17.5 Å². The average molecular weight is 260 g/mol. The Morgan fingerprint density at radius 2 is 2.05 bits per heavy atom. The maximum absolute atomic E-state index is 11.7. The van der Waals surface area contributed by atoms with Crippen LogP contribution in [-0.2, 0) is 6.42 Å². The number of hydrogen-bond acceptors (Lipinski definition) is 3. The number of aliphatic hydroxyl groups is 1. The number of aromatic hydroxyl groups is 1. The lowest BCUT2D eigenvalue weighted by Crippen LogP contribution is -2.01. The summed E-state index contributed by atoms with van der Waals surface area (Å²) in [7, 11) is 0. The van der Waals surface area contributed by atoms with Crippen LogP contribution >= 0.6 is 0 Å². The van der Waals surface area contributed by atoms with Gasteiger partial charge in [-0.15, -0.1) is 0 Å². The van der Waals surface area contributed by atoms with Gasteiger partial charge in [0, 0.05) is 24.0 Å². The molecule has 0 saturated heterocycles. The highest BCUT2D eigenvalue weighted by Gasteiger charge is 2.15. The summed E-state index contributed by atoms with van der Waals surface area (Å²) in [5, 5.41) is 18.9. The predicted octanol–water partition coefficient (Wildman–Crippen LogP) is 2.67. The molecule has 0 fully saturated rings. The highest BCUT2D eigenvalue weighted by Crippen LogP contribution is 2.28. The molecule has 0 heterocycles. The maximum Gasteiger partial charge on any atom is 0.166 e. The number of phenols is 1. The van der Waals surface area contributed by atoms with E-state index in [-0.39, 0.29) is 18.1 Å². The molecule has 1 aromatic rings. The van der Waals surface area contributed by atoms with Gasteiger partial charge in [0.25, 0.3) is 0 Å². The minimum Gasteiger partial charge on any atom is -0.507 e. The summed E-state index contributed by atoms with van der Waals surface area (Å²) in [6, 6.07) is 3.40. The molecule has 102 valence electrons. The van der Waals surface area contributed by atoms with Crippen molar-refractivity contribution in [2.24, 2.45) is 0 Å². The van der Waals surface area contributed by atoms with Crippen molar-refractivity contribution in [2.45, 2.75) is 39.5 Å². The monoisotopic (exact) mass is 260 g/mol. The summed E-state index contributed by atoms with van der Waals surface area (Å²) in [5.74, 6) is 5.78. The number of carbonyl (C=O) groups excluding carboxylic acids is 1. The molecule has 3 heteroatoms. The molecule has 1 aromatic carbocycles. The summed E-state index contributed by atoms with van der Waals surface area (Å²) in [6.07, 6.45) is 2.32. The number of benzene rings is 1. The average Bonchev–Trinajstić information content (AvgIpc) is 2.42. The Labute approximate surface area is 114 Å². The first-order chi connectivity index (χ1) is 9.15. The smallest absolute Gasteiger partial charge is 0.166 e. The zero-order valence-corrected chi connectivity index (χ0v) is 11.5. The van der Waals surface area contributed by atoms with Gasteiger partial charge in [-0.05, 0) is 18.6 Å². The van der Waals surface area contributed by atoms with E-state index in [9.17, 15) is 9.90 Å². The molecule has 0 aliphatic rings. The van der Waals surface area contributed by atoms with Gasteiger partial charge in [-0.3, -0.25) is 4.79 Å². The molecule has 0 amide bonds. The molecular weight excluding hydrogens is 240 g/mol. The Morgan fingerprint density at radius 1 is 1.32 bits per heavy atom. The van der Waals surface area contributed by atoms with Crippen LogP contribution in [0.5, 0.6) is 5.75 Å². The minimum absolute atomic E-state index is 0.0223. The Hall–Kier alpha value is -1.79. The van der Waals surface area contributed by atoms with Gasteiger partial charge in [0.2, 0.25) is 0 Å². The number of carbonyl (C=O) groups is 1. The molecular formula is C16H20O3. The van der Waals surface area contributed by atoms with Gasteiger partial charge in [-0.1, -0.05) is 32.1 Å². The second-order valence-electron chi connectivity index (χ2n) is 4.29. The fourth-order valence-electron chi connectivity index (χ4n) is 1.89. The van der Waals surface area contributed by atoms with E-state index in [1.807, 2.05) is 6.92 Å². The lowest BCUT2D eigenvalue weighted by molar-refractivity contribution is 0.0985. The van der Waals surface area contributed by atoms with Crippen molar-refractivity contribution in [1.82, 2.24) is 0 Å². The van der Waals surface area contributed by atoms with Crippen molar-refractivity contribution >= 4 is 5.78 Å². The standard InChI is InChI=1S/C16H20O3/c1-3-7-13-12(8-5-6-11-17)9-10-14(16(13)19)15(18)4-2/h9-10,17,19H,3-4,6-7,11H2,1-2H3. The first-order valence-electron chi connectivity index (χ1n) is 6.63. The predicted molar refractivity (Wildman–Crippen MR) is 75.3 cm³/mol. The molecule has 0 aromatic heterocycles. The van der Waals surface area contributed by atoms with Crippen LogP contribution in [0.2, 0.25) is 0 Å². The number of phenolic OH excluding ortho intramolecular Hbond substituents is 1. The molecule has 0 unspecified atom stereocenters. The molecule has 3 nitrogen and oxygen atoms in total. The van der Waals surface area contributed by atoms with Crippen molar-refractivity contribution in [3.63, 3.8) is 0 Å². The number of rotatable bonds is 5. The third kappa shape index (κ3) is 3.84. The summed E-state index contributed by atoms with van der Waals surface area (Å²) < 4.78 is 0. The van der Waals surface area contributed by atoms with Gasteiger partial charge in [0.15, 0.2) is 5.78 Å². The first-order valence-corrected chi connectivity index (χ1v) is 6.63. The van der Waals surface area contributed by atoms with Gasteiger partial charge in [0.1, 0.15) is 5.75 Å². The van der Waals surface area contributed by atoms with E-state index in [2.05, 4.69) is 11.8 Å². The molecule has 0 atom stereocenters. The Bertz CT molecular complexity index is 507. The topological polar surface area (TPSA) is 57.5 Å². The third-order valence-electron chi connectivity index (χ3n) is 2.86. The molecule has 0 spiro atoms. The van der Waals surface area contributed by atoms with Crippen LogP contribution in [0.3, 0.4) is 0 Å². The lowest BCUT2D eigenvalue weighted by Gasteiger charge is -2.10. The zero-order valence-electron chi connectivity index (χ0n) is 11.5. The second-order valence-corrected chi connectivity index (χ2v) is 4.29. The molecule has 0 aliphatic heterocycles. The van der Waals surface area contributed by atoms with Crippen molar-refractivity contribution in [3.05, 3.63) is 28.8 Å². The second kappa shape index (κ2) is 7.60. The van der Waals surface area contributed by atoms with Crippen LogP contribution in [0.1, 0.15) is 54.6 Å². The molecule has 0 saturated carbocycles. The highest BCUT2D eigenvalue weighted by atomic mass is 16.3. The van der Waals surface area contributed by atoms with Crippen molar-refractivity contribution in [1.29, 1.82) is 0 Å². The highest BCUT2D eigenvalue weighted by molar-refractivity contribution is 5.99. The fourth-order valence-corrected chi connectivity index (χ4v) is 1.89. The third-order valence-corrected chi connectivity index (χ3v) is 2.86. The summed E-state index contributed by atoms with van der Waals surface area (Å²) in [4.78, 5) is 11.7. The molecule has 0 bridgehead atoms. The zero-order chi connectivity index (χ0) is 14.3. The lowest BCUT2D eigenvalue weighted by atomic mass is 9.96. The Balaban J connectivity index is 3.24. The van der Waals surface area contributed by atoms with Crippen LogP contribution in [0.4, 0.5) is 0 Å². The van der Waals surface area contributed by atoms with Crippen molar-refractivity contribution < 1.29 is 15.0 Å². The molecule has 0 aliphatic carbocycles.